The van der Waals surface area contributed by atoms with Crippen LogP contribution in [0.15, 0.2) is 55.0 Å². The molecule has 0 aliphatic heterocycles. The number of nitrogens with two attached hydrogens (primary N) is 1. The van der Waals surface area contributed by atoms with Gasteiger partial charge in [-0.05, 0) is 48.6 Å². The fourth-order valence-corrected chi connectivity index (χ4v) is 4.57. The molecule has 3 aromatic rings. The molecule has 1 aromatic carbocycles. The number of carbonyl (C=O) groups excluding carboxylic acids is 1. The summed E-state index contributed by atoms with van der Waals surface area (Å²) in [6.07, 6.45) is 14.2. The van der Waals surface area contributed by atoms with Gasteiger partial charge in [0.1, 0.15) is 11.6 Å². The standard InChI is InChI=1S/C27H34N6O2/c1-2-19-7-3-4-9-21(10-5-8-19)32-26(34)33-22-17-30-27(31-18-22)35-23-14-12-20(13-15-23)24-11-6-16-29-25(24)28/h6,11-19,21H,2-5,7-10H2,1H3,(H2,28,29)(H2,32,33,34). The monoisotopic (exact) mass is 474 g/mol. The minimum absolute atomic E-state index is 0.200. The van der Waals surface area contributed by atoms with Gasteiger partial charge in [0.2, 0.25) is 0 Å². The van der Waals surface area contributed by atoms with Crippen molar-refractivity contribution in [3.8, 4) is 22.9 Å². The van der Waals surface area contributed by atoms with E-state index in [1.165, 1.54) is 25.7 Å². The van der Waals surface area contributed by atoms with Gasteiger partial charge < -0.3 is 21.1 Å². The summed E-state index contributed by atoms with van der Waals surface area (Å²) < 4.78 is 5.74. The van der Waals surface area contributed by atoms with Gasteiger partial charge in [0.15, 0.2) is 0 Å². The molecule has 2 aromatic heterocycles. The van der Waals surface area contributed by atoms with Crippen LogP contribution in [0.2, 0.25) is 0 Å². The maximum Gasteiger partial charge on any atom is 0.322 e. The predicted molar refractivity (Wildman–Crippen MR) is 138 cm³/mol. The minimum Gasteiger partial charge on any atom is -0.424 e. The fraction of sp³-hybridized carbons (Fsp3) is 0.407. The largest absolute Gasteiger partial charge is 0.424 e. The summed E-state index contributed by atoms with van der Waals surface area (Å²) in [4.78, 5) is 25.1. The first-order valence-electron chi connectivity index (χ1n) is 12.5. The van der Waals surface area contributed by atoms with Crippen LogP contribution in [-0.2, 0) is 0 Å². The second-order valence-electron chi connectivity index (χ2n) is 9.10. The highest BCUT2D eigenvalue weighted by molar-refractivity contribution is 5.89. The van der Waals surface area contributed by atoms with Gasteiger partial charge in [0.05, 0.1) is 18.1 Å². The van der Waals surface area contributed by atoms with E-state index in [9.17, 15) is 4.79 Å². The highest BCUT2D eigenvalue weighted by Gasteiger charge is 2.16. The summed E-state index contributed by atoms with van der Waals surface area (Å²) >= 11 is 0. The van der Waals surface area contributed by atoms with Crippen molar-refractivity contribution in [3.05, 3.63) is 55.0 Å². The van der Waals surface area contributed by atoms with Crippen LogP contribution in [0.1, 0.15) is 58.3 Å². The third kappa shape index (κ3) is 7.15. The number of anilines is 2. The van der Waals surface area contributed by atoms with Crippen molar-refractivity contribution in [3.63, 3.8) is 0 Å². The predicted octanol–water partition coefficient (Wildman–Crippen LogP) is 6.17. The Morgan fingerprint density at radius 2 is 1.71 bits per heavy atom. The minimum atomic E-state index is -0.219. The molecule has 2 unspecified atom stereocenters. The van der Waals surface area contributed by atoms with E-state index < -0.39 is 0 Å². The van der Waals surface area contributed by atoms with E-state index in [4.69, 9.17) is 10.5 Å². The number of nitrogens with zero attached hydrogens (tertiary/aromatic N) is 3. The molecule has 4 rings (SSSR count). The molecular weight excluding hydrogens is 440 g/mol. The fourth-order valence-electron chi connectivity index (χ4n) is 4.57. The van der Waals surface area contributed by atoms with Crippen LogP contribution >= 0.6 is 0 Å². The van der Waals surface area contributed by atoms with E-state index in [0.717, 1.165) is 42.7 Å². The summed E-state index contributed by atoms with van der Waals surface area (Å²) in [5.41, 5.74) is 8.28. The van der Waals surface area contributed by atoms with Gasteiger partial charge in [0.25, 0.3) is 0 Å². The molecule has 184 valence electrons. The Bertz CT molecular complexity index is 1090. The third-order valence-electron chi connectivity index (χ3n) is 6.59. The van der Waals surface area contributed by atoms with Crippen molar-refractivity contribution >= 4 is 17.5 Å². The average molecular weight is 475 g/mol. The number of rotatable bonds is 6. The number of carbonyl (C=O) groups is 1. The van der Waals surface area contributed by atoms with E-state index in [0.29, 0.717) is 17.3 Å². The van der Waals surface area contributed by atoms with Crippen LogP contribution in [-0.4, -0.2) is 27.0 Å². The number of ether oxygens (including phenoxy) is 1. The third-order valence-corrected chi connectivity index (χ3v) is 6.59. The van der Waals surface area contributed by atoms with Crippen molar-refractivity contribution in [1.29, 1.82) is 0 Å². The number of amides is 2. The molecule has 2 atom stereocenters. The lowest BCUT2D eigenvalue weighted by Gasteiger charge is -2.18. The Balaban J connectivity index is 1.28. The summed E-state index contributed by atoms with van der Waals surface area (Å²) in [5, 5.41) is 5.96. The number of nitrogens with one attached hydrogen (secondary N) is 2. The highest BCUT2D eigenvalue weighted by atomic mass is 16.5. The first-order chi connectivity index (χ1) is 17.1. The summed E-state index contributed by atoms with van der Waals surface area (Å²) in [5.74, 6) is 1.91. The van der Waals surface area contributed by atoms with Gasteiger partial charge >= 0.3 is 12.0 Å². The molecule has 0 radical (unpaired) electrons. The van der Waals surface area contributed by atoms with Crippen LogP contribution in [0.3, 0.4) is 0 Å². The Labute approximate surface area is 206 Å². The van der Waals surface area contributed by atoms with Gasteiger partial charge in [-0.2, -0.15) is 0 Å². The molecule has 1 aliphatic rings. The van der Waals surface area contributed by atoms with Crippen molar-refractivity contribution in [2.45, 2.75) is 64.3 Å². The molecule has 35 heavy (non-hydrogen) atoms. The molecular formula is C27H34N6O2. The first kappa shape index (κ1) is 24.4. The van der Waals surface area contributed by atoms with E-state index >= 15 is 0 Å². The lowest BCUT2D eigenvalue weighted by atomic mass is 9.94. The van der Waals surface area contributed by atoms with Crippen molar-refractivity contribution in [2.75, 3.05) is 11.1 Å². The van der Waals surface area contributed by atoms with E-state index in [1.54, 1.807) is 18.6 Å². The van der Waals surface area contributed by atoms with Crippen molar-refractivity contribution in [2.24, 2.45) is 5.92 Å². The zero-order valence-corrected chi connectivity index (χ0v) is 20.2. The van der Waals surface area contributed by atoms with E-state index in [1.807, 2.05) is 36.4 Å². The number of hydrogen-bond donors (Lipinski definition) is 3. The zero-order chi connectivity index (χ0) is 24.5. The van der Waals surface area contributed by atoms with Crippen LogP contribution in [0, 0.1) is 5.92 Å². The van der Waals surface area contributed by atoms with Gasteiger partial charge in [0, 0.05) is 17.8 Å². The van der Waals surface area contributed by atoms with Gasteiger partial charge in [-0.3, -0.25) is 0 Å². The molecule has 8 heteroatoms. The summed E-state index contributed by atoms with van der Waals surface area (Å²) in [7, 11) is 0. The number of hydrogen-bond acceptors (Lipinski definition) is 6. The second kappa shape index (κ2) is 12.1. The van der Waals surface area contributed by atoms with E-state index in [-0.39, 0.29) is 18.1 Å². The average Bonchev–Trinajstić information content (AvgIpc) is 2.98. The first-order valence-corrected chi connectivity index (χ1v) is 12.5. The Morgan fingerprint density at radius 1 is 1.00 bits per heavy atom. The topological polar surface area (TPSA) is 115 Å². The van der Waals surface area contributed by atoms with Gasteiger partial charge in [-0.25, -0.2) is 19.7 Å². The SMILES string of the molecule is CCC1CCCCC(NC(=O)Nc2cnc(Oc3ccc(-c4cccnc4N)cc3)nc2)CCC1. The molecule has 8 nitrogen and oxygen atoms in total. The lowest BCUT2D eigenvalue weighted by Crippen LogP contribution is -2.38. The number of benzene rings is 1. The number of pyridine rings is 1. The Morgan fingerprint density at radius 3 is 2.46 bits per heavy atom. The van der Waals surface area contributed by atoms with Crippen molar-refractivity contribution in [1.82, 2.24) is 20.3 Å². The normalized spacial score (nSPS) is 18.5. The molecule has 1 aliphatic carbocycles. The molecule has 0 saturated heterocycles. The van der Waals surface area contributed by atoms with Gasteiger partial charge in [-0.1, -0.05) is 57.6 Å². The van der Waals surface area contributed by atoms with Crippen LogP contribution in [0.25, 0.3) is 11.1 Å². The molecule has 2 amide bonds. The Hall–Kier alpha value is -3.68. The van der Waals surface area contributed by atoms with Crippen LogP contribution < -0.4 is 21.1 Å². The second-order valence-corrected chi connectivity index (χ2v) is 9.10. The number of urea groups is 1. The molecule has 0 bridgehead atoms. The smallest absolute Gasteiger partial charge is 0.322 e. The summed E-state index contributed by atoms with van der Waals surface area (Å²) in [6.45, 7) is 2.28. The zero-order valence-electron chi connectivity index (χ0n) is 20.2. The maximum atomic E-state index is 12.5. The highest BCUT2D eigenvalue weighted by Crippen LogP contribution is 2.27. The maximum absolute atomic E-state index is 12.5. The quantitative estimate of drug-likeness (QED) is 0.393. The van der Waals surface area contributed by atoms with Crippen LogP contribution in [0.4, 0.5) is 16.3 Å². The molecule has 4 N–H and O–H groups in total. The number of aromatic nitrogens is 3. The lowest BCUT2D eigenvalue weighted by molar-refractivity contribution is 0.246. The number of nitrogen functional groups attached to an aromatic ring is 1. The van der Waals surface area contributed by atoms with Crippen LogP contribution in [0.5, 0.6) is 11.8 Å². The van der Waals surface area contributed by atoms with Gasteiger partial charge in [-0.15, -0.1) is 0 Å². The molecule has 1 saturated carbocycles. The molecule has 0 spiro atoms. The van der Waals surface area contributed by atoms with E-state index in [2.05, 4.69) is 32.5 Å². The van der Waals surface area contributed by atoms with Crippen molar-refractivity contribution < 1.29 is 9.53 Å². The molecule has 2 heterocycles. The molecule has 1 fully saturated rings. The summed E-state index contributed by atoms with van der Waals surface area (Å²) in [6, 6.07) is 11.4. The Kier molecular flexibility index (Phi) is 8.48.